The number of aryl methyl sites for hydroxylation is 2. The highest BCUT2D eigenvalue weighted by Crippen LogP contribution is 2.14. The molecule has 0 aliphatic heterocycles. The van der Waals surface area contributed by atoms with E-state index in [2.05, 4.69) is 10.2 Å². The molecule has 150 valence electrons. The molecule has 2 aromatic carbocycles. The molecule has 2 heterocycles. The summed E-state index contributed by atoms with van der Waals surface area (Å²) in [6.07, 6.45) is 6.67. The van der Waals surface area contributed by atoms with Crippen molar-refractivity contribution in [2.75, 3.05) is 0 Å². The SMILES string of the molecule is Cc1cc(C)n(-c2ccc(COC(=O)/C=C/c3cnn(-c4ccccc4)c3)cc2)n1. The lowest BCUT2D eigenvalue weighted by Crippen LogP contribution is -2.02. The topological polar surface area (TPSA) is 61.9 Å². The summed E-state index contributed by atoms with van der Waals surface area (Å²) in [6.45, 7) is 4.20. The maximum atomic E-state index is 12.1. The number of carbonyl (C=O) groups is 1. The Labute approximate surface area is 175 Å². The van der Waals surface area contributed by atoms with Crippen LogP contribution in [-0.2, 0) is 16.1 Å². The average Bonchev–Trinajstić information content (AvgIpc) is 3.38. The lowest BCUT2D eigenvalue weighted by Gasteiger charge is -2.06. The van der Waals surface area contributed by atoms with Crippen LogP contribution in [0, 0.1) is 13.8 Å². The Balaban J connectivity index is 1.33. The Morgan fingerprint density at radius 2 is 1.80 bits per heavy atom. The molecule has 30 heavy (non-hydrogen) atoms. The van der Waals surface area contributed by atoms with Crippen LogP contribution in [0.15, 0.2) is 79.1 Å². The van der Waals surface area contributed by atoms with Crippen LogP contribution in [-0.4, -0.2) is 25.5 Å². The molecule has 0 saturated carbocycles. The highest BCUT2D eigenvalue weighted by molar-refractivity contribution is 5.86. The number of esters is 1. The zero-order valence-corrected chi connectivity index (χ0v) is 16.9. The van der Waals surface area contributed by atoms with E-state index in [4.69, 9.17) is 4.74 Å². The number of aromatic nitrogens is 4. The van der Waals surface area contributed by atoms with Gasteiger partial charge in [-0.3, -0.25) is 0 Å². The fraction of sp³-hybridized carbons (Fsp3) is 0.125. The summed E-state index contributed by atoms with van der Waals surface area (Å²) in [5, 5.41) is 8.78. The van der Waals surface area contributed by atoms with E-state index < -0.39 is 5.97 Å². The Kier molecular flexibility index (Phi) is 5.57. The first-order valence-corrected chi connectivity index (χ1v) is 9.66. The number of hydrogen-bond acceptors (Lipinski definition) is 4. The van der Waals surface area contributed by atoms with Crippen molar-refractivity contribution in [3.63, 3.8) is 0 Å². The summed E-state index contributed by atoms with van der Waals surface area (Å²) in [6, 6.07) is 19.6. The first kappa shape index (κ1) is 19.4. The molecule has 0 atom stereocenters. The lowest BCUT2D eigenvalue weighted by molar-refractivity contribution is -0.138. The van der Waals surface area contributed by atoms with Crippen LogP contribution < -0.4 is 0 Å². The predicted molar refractivity (Wildman–Crippen MR) is 115 cm³/mol. The molecule has 6 nitrogen and oxygen atoms in total. The van der Waals surface area contributed by atoms with Crippen LogP contribution in [0.25, 0.3) is 17.5 Å². The van der Waals surface area contributed by atoms with Crippen molar-refractivity contribution in [1.82, 2.24) is 19.6 Å². The van der Waals surface area contributed by atoms with E-state index in [-0.39, 0.29) is 6.61 Å². The van der Waals surface area contributed by atoms with Gasteiger partial charge in [0.2, 0.25) is 0 Å². The smallest absolute Gasteiger partial charge is 0.331 e. The Bertz CT molecular complexity index is 1170. The molecule has 4 aromatic rings. The maximum absolute atomic E-state index is 12.1. The summed E-state index contributed by atoms with van der Waals surface area (Å²) >= 11 is 0. The van der Waals surface area contributed by atoms with Crippen LogP contribution in [0.4, 0.5) is 0 Å². The van der Waals surface area contributed by atoms with E-state index in [0.29, 0.717) is 0 Å². The van der Waals surface area contributed by atoms with Gasteiger partial charge in [-0.05, 0) is 55.8 Å². The van der Waals surface area contributed by atoms with Crippen molar-refractivity contribution in [2.24, 2.45) is 0 Å². The first-order chi connectivity index (χ1) is 14.6. The minimum Gasteiger partial charge on any atom is -0.458 e. The van der Waals surface area contributed by atoms with E-state index in [1.165, 1.54) is 6.08 Å². The predicted octanol–water partition coefficient (Wildman–Crippen LogP) is 4.43. The van der Waals surface area contributed by atoms with Gasteiger partial charge in [0.25, 0.3) is 0 Å². The van der Waals surface area contributed by atoms with E-state index in [9.17, 15) is 4.79 Å². The third kappa shape index (κ3) is 4.55. The Morgan fingerprint density at radius 1 is 1.03 bits per heavy atom. The number of hydrogen-bond donors (Lipinski definition) is 0. The number of rotatable bonds is 6. The molecule has 6 heteroatoms. The van der Waals surface area contributed by atoms with E-state index >= 15 is 0 Å². The zero-order chi connectivity index (χ0) is 20.9. The summed E-state index contributed by atoms with van der Waals surface area (Å²) in [7, 11) is 0. The zero-order valence-electron chi connectivity index (χ0n) is 16.9. The number of para-hydroxylation sites is 1. The molecule has 0 N–H and O–H groups in total. The van der Waals surface area contributed by atoms with Gasteiger partial charge in [-0.25, -0.2) is 14.2 Å². The number of carbonyl (C=O) groups excluding carboxylic acids is 1. The Morgan fingerprint density at radius 3 is 2.50 bits per heavy atom. The van der Waals surface area contributed by atoms with Crippen molar-refractivity contribution >= 4 is 12.0 Å². The molecule has 4 rings (SSSR count). The van der Waals surface area contributed by atoms with Gasteiger partial charge in [0.15, 0.2) is 0 Å². The highest BCUT2D eigenvalue weighted by atomic mass is 16.5. The molecular weight excluding hydrogens is 376 g/mol. The fourth-order valence-electron chi connectivity index (χ4n) is 3.14. The third-order valence-electron chi connectivity index (χ3n) is 4.61. The molecule has 0 saturated heterocycles. The van der Waals surface area contributed by atoms with Crippen LogP contribution in [0.1, 0.15) is 22.5 Å². The van der Waals surface area contributed by atoms with Gasteiger partial charge >= 0.3 is 5.97 Å². The quantitative estimate of drug-likeness (QED) is 0.356. The van der Waals surface area contributed by atoms with Crippen molar-refractivity contribution in [1.29, 1.82) is 0 Å². The third-order valence-corrected chi connectivity index (χ3v) is 4.61. The average molecular weight is 398 g/mol. The first-order valence-electron chi connectivity index (χ1n) is 9.66. The summed E-state index contributed by atoms with van der Waals surface area (Å²) < 4.78 is 8.99. The van der Waals surface area contributed by atoms with Crippen molar-refractivity contribution in [2.45, 2.75) is 20.5 Å². The second-order valence-corrected chi connectivity index (χ2v) is 7.00. The van der Waals surface area contributed by atoms with Crippen molar-refractivity contribution in [3.8, 4) is 11.4 Å². The van der Waals surface area contributed by atoms with Gasteiger partial charge in [0.05, 0.1) is 23.3 Å². The Hall–Kier alpha value is -3.93. The lowest BCUT2D eigenvalue weighted by atomic mass is 10.2. The molecule has 0 bridgehead atoms. The molecule has 2 aromatic heterocycles. The van der Waals surface area contributed by atoms with Crippen LogP contribution in [0.5, 0.6) is 0 Å². The van der Waals surface area contributed by atoms with Gasteiger partial charge in [-0.2, -0.15) is 10.2 Å². The molecule has 0 spiro atoms. The van der Waals surface area contributed by atoms with Crippen molar-refractivity contribution < 1.29 is 9.53 Å². The molecule has 0 unspecified atom stereocenters. The molecule has 0 amide bonds. The van der Waals surface area contributed by atoms with Gasteiger partial charge in [0, 0.05) is 23.5 Å². The van der Waals surface area contributed by atoms with E-state index in [1.807, 2.05) is 85.4 Å². The monoisotopic (exact) mass is 398 g/mol. The molecule has 0 aliphatic carbocycles. The summed E-state index contributed by atoms with van der Waals surface area (Å²) in [5.74, 6) is -0.398. The molecule has 0 aliphatic rings. The van der Waals surface area contributed by atoms with E-state index in [1.54, 1.807) is 17.0 Å². The number of benzene rings is 2. The molecular formula is C24H22N4O2. The minimum absolute atomic E-state index is 0.212. The fourth-order valence-corrected chi connectivity index (χ4v) is 3.14. The number of nitrogens with zero attached hydrogens (tertiary/aromatic N) is 4. The van der Waals surface area contributed by atoms with E-state index in [0.717, 1.165) is 33.9 Å². The van der Waals surface area contributed by atoms with Gasteiger partial charge < -0.3 is 4.74 Å². The van der Waals surface area contributed by atoms with Gasteiger partial charge in [-0.15, -0.1) is 0 Å². The van der Waals surface area contributed by atoms with Gasteiger partial charge in [0.1, 0.15) is 6.61 Å². The largest absolute Gasteiger partial charge is 0.458 e. The normalized spacial score (nSPS) is 11.1. The number of ether oxygens (including phenoxy) is 1. The second kappa shape index (κ2) is 8.61. The second-order valence-electron chi connectivity index (χ2n) is 7.00. The summed E-state index contributed by atoms with van der Waals surface area (Å²) in [5.41, 5.74) is 5.73. The van der Waals surface area contributed by atoms with Crippen LogP contribution in [0.2, 0.25) is 0 Å². The molecule has 0 radical (unpaired) electrons. The standard InChI is InChI=1S/C24H22N4O2/c1-18-14-19(2)28(26-18)23-11-8-20(9-12-23)17-30-24(29)13-10-21-15-25-27(16-21)22-6-4-3-5-7-22/h3-16H,17H2,1-2H3/b13-10+. The maximum Gasteiger partial charge on any atom is 0.331 e. The molecule has 0 fully saturated rings. The minimum atomic E-state index is -0.398. The highest BCUT2D eigenvalue weighted by Gasteiger charge is 2.05. The van der Waals surface area contributed by atoms with Crippen LogP contribution in [0.3, 0.4) is 0 Å². The van der Waals surface area contributed by atoms with Gasteiger partial charge in [-0.1, -0.05) is 30.3 Å². The van der Waals surface area contributed by atoms with Crippen LogP contribution >= 0.6 is 0 Å². The summed E-state index contributed by atoms with van der Waals surface area (Å²) in [4.78, 5) is 12.1. The van der Waals surface area contributed by atoms with Crippen molar-refractivity contribution in [3.05, 3.63) is 102 Å².